The fourth-order valence-electron chi connectivity index (χ4n) is 2.72. The Bertz CT molecular complexity index is 828. The summed E-state index contributed by atoms with van der Waals surface area (Å²) in [7, 11) is 0. The highest BCUT2D eigenvalue weighted by Crippen LogP contribution is 2.36. The number of H-pyrrole nitrogens is 1. The van der Waals surface area contributed by atoms with Crippen molar-refractivity contribution in [3.63, 3.8) is 0 Å². The Morgan fingerprint density at radius 2 is 1.95 bits per heavy atom. The van der Waals surface area contributed by atoms with E-state index in [-0.39, 0.29) is 11.7 Å². The van der Waals surface area contributed by atoms with Gasteiger partial charge in [0.2, 0.25) is 0 Å². The maximum atomic E-state index is 11.8. The third kappa shape index (κ3) is 1.61. The van der Waals surface area contributed by atoms with E-state index in [0.29, 0.717) is 11.8 Å². The largest absolute Gasteiger partial charge is 0.485 e. The lowest BCUT2D eigenvalue weighted by Crippen LogP contribution is -2.20. The van der Waals surface area contributed by atoms with Gasteiger partial charge in [0.25, 0.3) is 5.56 Å². The molecule has 1 aliphatic heterocycles. The van der Waals surface area contributed by atoms with Crippen LogP contribution in [0.25, 0.3) is 10.8 Å². The number of nitrogens with one attached hydrogen (secondary N) is 1. The minimum atomic E-state index is -0.174. The van der Waals surface area contributed by atoms with E-state index in [0.717, 1.165) is 22.4 Å². The van der Waals surface area contributed by atoms with Crippen molar-refractivity contribution in [2.75, 3.05) is 0 Å². The van der Waals surface area contributed by atoms with Crippen molar-refractivity contribution < 1.29 is 4.74 Å². The Hall–Kier alpha value is -2.62. The summed E-state index contributed by atoms with van der Waals surface area (Å²) in [5.74, 6) is 0.733. The molecule has 0 spiro atoms. The zero-order chi connectivity index (χ0) is 13.5. The monoisotopic (exact) mass is 264 g/mol. The van der Waals surface area contributed by atoms with Crippen molar-refractivity contribution in [3.8, 4) is 5.75 Å². The van der Waals surface area contributed by atoms with Gasteiger partial charge in [0.05, 0.1) is 16.5 Å². The molecule has 4 rings (SSSR count). The first-order chi connectivity index (χ1) is 9.83. The Balaban J connectivity index is 1.89. The lowest BCUT2D eigenvalue weighted by molar-refractivity contribution is 0.200. The van der Waals surface area contributed by atoms with Crippen LogP contribution >= 0.6 is 0 Å². The van der Waals surface area contributed by atoms with Gasteiger partial charge in [-0.05, 0) is 17.7 Å². The number of benzene rings is 2. The van der Waals surface area contributed by atoms with E-state index in [9.17, 15) is 4.79 Å². The van der Waals surface area contributed by atoms with Crippen molar-refractivity contribution in [2.24, 2.45) is 0 Å². The Kier molecular flexibility index (Phi) is 2.36. The minimum Gasteiger partial charge on any atom is -0.485 e. The minimum absolute atomic E-state index is 0.0623. The van der Waals surface area contributed by atoms with Gasteiger partial charge in [-0.2, -0.15) is 5.10 Å². The number of aromatic nitrogens is 2. The summed E-state index contributed by atoms with van der Waals surface area (Å²) in [5.41, 5.74) is 1.82. The number of hydrogen-bond donors (Lipinski definition) is 1. The first-order valence-electron chi connectivity index (χ1n) is 6.55. The molecule has 0 radical (unpaired) electrons. The maximum absolute atomic E-state index is 11.8. The second kappa shape index (κ2) is 4.20. The van der Waals surface area contributed by atoms with Crippen molar-refractivity contribution in [1.29, 1.82) is 0 Å². The zero-order valence-electron chi connectivity index (χ0n) is 10.7. The van der Waals surface area contributed by atoms with E-state index in [1.165, 1.54) is 0 Å². The third-order valence-corrected chi connectivity index (χ3v) is 3.67. The molecule has 4 nitrogen and oxygen atoms in total. The van der Waals surface area contributed by atoms with Crippen LogP contribution in [0.1, 0.15) is 17.4 Å². The second-order valence-corrected chi connectivity index (χ2v) is 4.90. The molecule has 0 aliphatic carbocycles. The number of aromatic amines is 1. The molecular formula is C16H12N2O2. The first kappa shape index (κ1) is 11.2. The summed E-state index contributed by atoms with van der Waals surface area (Å²) in [4.78, 5) is 11.8. The lowest BCUT2D eigenvalue weighted by atomic mass is 9.98. The summed E-state index contributed by atoms with van der Waals surface area (Å²) in [6, 6.07) is 15.6. The summed E-state index contributed by atoms with van der Waals surface area (Å²) >= 11 is 0. The molecule has 4 heteroatoms. The van der Waals surface area contributed by atoms with E-state index in [2.05, 4.69) is 10.2 Å². The molecule has 1 atom stereocenters. The Morgan fingerprint density at radius 3 is 2.80 bits per heavy atom. The SMILES string of the molecule is O=c1[nH]nc2c3c(cccc13)OC(c1ccccc1)C2. The van der Waals surface area contributed by atoms with E-state index < -0.39 is 0 Å². The van der Waals surface area contributed by atoms with Crippen LogP contribution in [0.4, 0.5) is 0 Å². The van der Waals surface area contributed by atoms with Crippen LogP contribution in [-0.2, 0) is 6.42 Å². The van der Waals surface area contributed by atoms with Crippen molar-refractivity contribution in [1.82, 2.24) is 10.2 Å². The Morgan fingerprint density at radius 1 is 1.10 bits per heavy atom. The van der Waals surface area contributed by atoms with Gasteiger partial charge in [-0.1, -0.05) is 36.4 Å². The van der Waals surface area contributed by atoms with Crippen LogP contribution in [0, 0.1) is 0 Å². The zero-order valence-corrected chi connectivity index (χ0v) is 10.7. The predicted molar refractivity (Wildman–Crippen MR) is 75.9 cm³/mol. The average molecular weight is 264 g/mol. The molecule has 0 saturated carbocycles. The van der Waals surface area contributed by atoms with Crippen LogP contribution in [-0.4, -0.2) is 10.2 Å². The van der Waals surface area contributed by atoms with E-state index in [1.807, 2.05) is 42.5 Å². The van der Waals surface area contributed by atoms with Crippen LogP contribution in [0.5, 0.6) is 5.75 Å². The molecule has 1 N–H and O–H groups in total. The maximum Gasteiger partial charge on any atom is 0.272 e. The van der Waals surface area contributed by atoms with Gasteiger partial charge in [-0.3, -0.25) is 4.79 Å². The molecule has 3 aromatic rings. The molecule has 0 fully saturated rings. The van der Waals surface area contributed by atoms with E-state index in [4.69, 9.17) is 4.74 Å². The summed E-state index contributed by atoms with van der Waals surface area (Å²) in [6.07, 6.45) is 0.599. The normalized spacial score (nSPS) is 16.9. The molecule has 1 aromatic heterocycles. The Labute approximate surface area is 115 Å². The van der Waals surface area contributed by atoms with Gasteiger partial charge in [-0.15, -0.1) is 0 Å². The van der Waals surface area contributed by atoms with E-state index in [1.54, 1.807) is 6.07 Å². The predicted octanol–water partition coefficient (Wildman–Crippen LogP) is 2.60. The van der Waals surface area contributed by atoms with Crippen LogP contribution in [0.3, 0.4) is 0 Å². The molecule has 1 aliphatic rings. The molecule has 0 bridgehead atoms. The highest BCUT2D eigenvalue weighted by molar-refractivity contribution is 5.90. The number of ether oxygens (including phenoxy) is 1. The van der Waals surface area contributed by atoms with Crippen LogP contribution in [0.15, 0.2) is 53.3 Å². The van der Waals surface area contributed by atoms with Gasteiger partial charge >= 0.3 is 0 Å². The van der Waals surface area contributed by atoms with Crippen LogP contribution < -0.4 is 10.3 Å². The lowest BCUT2D eigenvalue weighted by Gasteiger charge is -2.25. The first-order valence-corrected chi connectivity index (χ1v) is 6.55. The van der Waals surface area contributed by atoms with Gasteiger partial charge in [0.1, 0.15) is 11.9 Å². The average Bonchev–Trinajstić information content (AvgIpc) is 2.51. The smallest absolute Gasteiger partial charge is 0.272 e. The fraction of sp³-hybridized carbons (Fsp3) is 0.125. The summed E-state index contributed by atoms with van der Waals surface area (Å²) in [6.45, 7) is 0. The van der Waals surface area contributed by atoms with E-state index >= 15 is 0 Å². The highest BCUT2D eigenvalue weighted by atomic mass is 16.5. The number of hydrogen-bond acceptors (Lipinski definition) is 3. The van der Waals surface area contributed by atoms with Crippen LogP contribution in [0.2, 0.25) is 0 Å². The summed E-state index contributed by atoms with van der Waals surface area (Å²) in [5, 5.41) is 8.24. The van der Waals surface area contributed by atoms with Crippen molar-refractivity contribution >= 4 is 10.8 Å². The van der Waals surface area contributed by atoms with Gasteiger partial charge in [-0.25, -0.2) is 5.10 Å². The summed E-state index contributed by atoms with van der Waals surface area (Å²) < 4.78 is 6.05. The van der Waals surface area contributed by atoms with Crippen molar-refractivity contribution in [3.05, 3.63) is 70.1 Å². The standard InChI is InChI=1S/C16H12N2O2/c19-16-11-7-4-8-13-15(11)12(17-18-16)9-14(20-13)10-5-2-1-3-6-10/h1-8,14H,9H2,(H,18,19). The second-order valence-electron chi connectivity index (χ2n) is 4.90. The third-order valence-electron chi connectivity index (χ3n) is 3.67. The molecule has 1 unspecified atom stereocenters. The number of rotatable bonds is 1. The van der Waals surface area contributed by atoms with Gasteiger partial charge in [0, 0.05) is 6.42 Å². The van der Waals surface area contributed by atoms with Crippen molar-refractivity contribution in [2.45, 2.75) is 12.5 Å². The quantitative estimate of drug-likeness (QED) is 0.735. The molecule has 2 aromatic carbocycles. The fourth-order valence-corrected chi connectivity index (χ4v) is 2.72. The molecule has 0 saturated heterocycles. The topological polar surface area (TPSA) is 55.0 Å². The molecule has 20 heavy (non-hydrogen) atoms. The molecule has 98 valence electrons. The molecule has 2 heterocycles. The highest BCUT2D eigenvalue weighted by Gasteiger charge is 2.25. The molecular weight excluding hydrogens is 252 g/mol. The van der Waals surface area contributed by atoms with Gasteiger partial charge in [0.15, 0.2) is 0 Å². The van der Waals surface area contributed by atoms with Gasteiger partial charge < -0.3 is 4.74 Å². The molecule has 0 amide bonds. The number of nitrogens with zero attached hydrogens (tertiary/aromatic N) is 1.